The predicted octanol–water partition coefficient (Wildman–Crippen LogP) is 3.10. The Balaban J connectivity index is 1.70. The SMILES string of the molecule is Fc1cc(Br)cc(CNCCC2CCOC2)c1. The van der Waals surface area contributed by atoms with Crippen LogP contribution in [0.5, 0.6) is 0 Å². The fraction of sp³-hybridized carbons (Fsp3) is 0.538. The molecular weight excluding hydrogens is 285 g/mol. The lowest BCUT2D eigenvalue weighted by molar-refractivity contribution is 0.184. The summed E-state index contributed by atoms with van der Waals surface area (Å²) in [6, 6.07) is 4.98. The number of nitrogens with one attached hydrogen (secondary N) is 1. The first kappa shape index (κ1) is 13.0. The maximum absolute atomic E-state index is 13.1. The van der Waals surface area contributed by atoms with E-state index in [4.69, 9.17) is 4.74 Å². The van der Waals surface area contributed by atoms with E-state index < -0.39 is 0 Å². The Bertz CT molecular complexity index is 346. The molecule has 2 nitrogen and oxygen atoms in total. The van der Waals surface area contributed by atoms with Crippen molar-refractivity contribution >= 4 is 15.9 Å². The van der Waals surface area contributed by atoms with Crippen molar-refractivity contribution in [3.05, 3.63) is 34.1 Å². The second-order valence-electron chi connectivity index (χ2n) is 4.47. The molecular formula is C13H17BrFNO. The molecule has 1 aliphatic rings. The van der Waals surface area contributed by atoms with Crippen molar-refractivity contribution in [2.75, 3.05) is 19.8 Å². The van der Waals surface area contributed by atoms with Crippen LogP contribution >= 0.6 is 15.9 Å². The standard InChI is InChI=1S/C13H17BrFNO/c14-12-5-11(6-13(15)7-12)8-16-3-1-10-2-4-17-9-10/h5-7,10,16H,1-4,8-9H2. The average Bonchev–Trinajstić information content (AvgIpc) is 2.76. The molecule has 1 atom stereocenters. The Kier molecular flexibility index (Phi) is 4.95. The Labute approximate surface area is 110 Å². The molecule has 2 rings (SSSR count). The molecule has 1 aromatic carbocycles. The molecule has 0 aliphatic carbocycles. The normalized spacial score (nSPS) is 19.8. The Hall–Kier alpha value is -0.450. The third-order valence-corrected chi connectivity index (χ3v) is 3.46. The summed E-state index contributed by atoms with van der Waals surface area (Å²) in [5, 5.41) is 3.34. The number of hydrogen-bond donors (Lipinski definition) is 1. The van der Waals surface area contributed by atoms with Crippen LogP contribution in [0.1, 0.15) is 18.4 Å². The molecule has 0 amide bonds. The monoisotopic (exact) mass is 301 g/mol. The van der Waals surface area contributed by atoms with Crippen LogP contribution in [0.2, 0.25) is 0 Å². The summed E-state index contributed by atoms with van der Waals surface area (Å²) < 4.78 is 19.2. The van der Waals surface area contributed by atoms with Gasteiger partial charge in [0.05, 0.1) is 0 Å². The van der Waals surface area contributed by atoms with Gasteiger partial charge in [0.25, 0.3) is 0 Å². The van der Waals surface area contributed by atoms with Gasteiger partial charge in [-0.25, -0.2) is 4.39 Å². The van der Waals surface area contributed by atoms with Crippen LogP contribution in [-0.4, -0.2) is 19.8 Å². The van der Waals surface area contributed by atoms with E-state index >= 15 is 0 Å². The van der Waals surface area contributed by atoms with Crippen LogP contribution < -0.4 is 5.32 Å². The summed E-state index contributed by atoms with van der Waals surface area (Å²) in [6.45, 7) is 3.47. The molecule has 0 aromatic heterocycles. The van der Waals surface area contributed by atoms with Crippen LogP contribution in [-0.2, 0) is 11.3 Å². The third kappa shape index (κ3) is 4.37. The molecule has 0 saturated carbocycles. The highest BCUT2D eigenvalue weighted by Gasteiger charge is 2.14. The zero-order valence-electron chi connectivity index (χ0n) is 9.72. The van der Waals surface area contributed by atoms with Gasteiger partial charge < -0.3 is 10.1 Å². The Morgan fingerprint density at radius 2 is 2.29 bits per heavy atom. The summed E-state index contributed by atoms with van der Waals surface area (Å²) in [5.41, 5.74) is 0.972. The Morgan fingerprint density at radius 3 is 3.00 bits per heavy atom. The van der Waals surface area contributed by atoms with E-state index in [-0.39, 0.29) is 5.82 Å². The average molecular weight is 302 g/mol. The zero-order valence-corrected chi connectivity index (χ0v) is 11.3. The van der Waals surface area contributed by atoms with Crippen LogP contribution in [0.3, 0.4) is 0 Å². The first-order valence-corrected chi connectivity index (χ1v) is 6.77. The summed E-state index contributed by atoms with van der Waals surface area (Å²) in [4.78, 5) is 0. The molecule has 0 bridgehead atoms. The molecule has 1 aliphatic heterocycles. The lowest BCUT2D eigenvalue weighted by Gasteiger charge is -2.09. The zero-order chi connectivity index (χ0) is 12.1. The first-order chi connectivity index (χ1) is 8.24. The maximum Gasteiger partial charge on any atom is 0.124 e. The smallest absolute Gasteiger partial charge is 0.124 e. The number of hydrogen-bond acceptors (Lipinski definition) is 2. The summed E-state index contributed by atoms with van der Waals surface area (Å²) in [5.74, 6) is 0.502. The van der Waals surface area contributed by atoms with E-state index in [1.165, 1.54) is 12.5 Å². The predicted molar refractivity (Wildman–Crippen MR) is 69.3 cm³/mol. The fourth-order valence-corrected chi connectivity index (χ4v) is 2.58. The van der Waals surface area contributed by atoms with Gasteiger partial charge in [-0.05, 0) is 49.1 Å². The molecule has 0 spiro atoms. The van der Waals surface area contributed by atoms with E-state index in [0.717, 1.165) is 36.2 Å². The minimum absolute atomic E-state index is 0.194. The molecule has 1 N–H and O–H groups in total. The largest absolute Gasteiger partial charge is 0.381 e. The summed E-state index contributed by atoms with van der Waals surface area (Å²) >= 11 is 3.29. The molecule has 1 heterocycles. The summed E-state index contributed by atoms with van der Waals surface area (Å²) in [6.07, 6.45) is 2.31. The van der Waals surface area contributed by atoms with Crippen molar-refractivity contribution < 1.29 is 9.13 Å². The lowest BCUT2D eigenvalue weighted by Crippen LogP contribution is -2.18. The maximum atomic E-state index is 13.1. The van der Waals surface area contributed by atoms with E-state index in [1.54, 1.807) is 6.07 Å². The third-order valence-electron chi connectivity index (χ3n) is 3.00. The highest BCUT2D eigenvalue weighted by atomic mass is 79.9. The number of halogens is 2. The number of benzene rings is 1. The molecule has 4 heteroatoms. The van der Waals surface area contributed by atoms with Crippen molar-refractivity contribution in [1.82, 2.24) is 5.32 Å². The number of ether oxygens (including phenoxy) is 1. The Morgan fingerprint density at radius 1 is 1.41 bits per heavy atom. The van der Waals surface area contributed by atoms with Gasteiger partial charge in [-0.1, -0.05) is 15.9 Å². The molecule has 17 heavy (non-hydrogen) atoms. The van der Waals surface area contributed by atoms with Crippen molar-refractivity contribution in [2.45, 2.75) is 19.4 Å². The highest BCUT2D eigenvalue weighted by Crippen LogP contribution is 2.16. The van der Waals surface area contributed by atoms with E-state index in [2.05, 4.69) is 21.2 Å². The topological polar surface area (TPSA) is 21.3 Å². The quantitative estimate of drug-likeness (QED) is 0.844. The van der Waals surface area contributed by atoms with Gasteiger partial charge in [-0.2, -0.15) is 0 Å². The second-order valence-corrected chi connectivity index (χ2v) is 5.39. The van der Waals surface area contributed by atoms with Gasteiger partial charge >= 0.3 is 0 Å². The molecule has 1 fully saturated rings. The van der Waals surface area contributed by atoms with Gasteiger partial charge in [-0.15, -0.1) is 0 Å². The van der Waals surface area contributed by atoms with E-state index in [0.29, 0.717) is 12.5 Å². The van der Waals surface area contributed by atoms with Crippen molar-refractivity contribution in [2.24, 2.45) is 5.92 Å². The van der Waals surface area contributed by atoms with E-state index in [1.807, 2.05) is 6.07 Å². The van der Waals surface area contributed by atoms with Crippen LogP contribution in [0.25, 0.3) is 0 Å². The molecule has 1 saturated heterocycles. The van der Waals surface area contributed by atoms with Gasteiger partial charge in [0, 0.05) is 24.2 Å². The second kappa shape index (κ2) is 6.47. The van der Waals surface area contributed by atoms with Crippen LogP contribution in [0.15, 0.2) is 22.7 Å². The first-order valence-electron chi connectivity index (χ1n) is 5.97. The van der Waals surface area contributed by atoms with Gasteiger partial charge in [0.2, 0.25) is 0 Å². The van der Waals surface area contributed by atoms with Crippen molar-refractivity contribution in [3.63, 3.8) is 0 Å². The van der Waals surface area contributed by atoms with Gasteiger partial charge in [-0.3, -0.25) is 0 Å². The lowest BCUT2D eigenvalue weighted by atomic mass is 10.1. The molecule has 1 unspecified atom stereocenters. The molecule has 0 radical (unpaired) electrons. The van der Waals surface area contributed by atoms with E-state index in [9.17, 15) is 4.39 Å². The fourth-order valence-electron chi connectivity index (χ4n) is 2.06. The summed E-state index contributed by atoms with van der Waals surface area (Å²) in [7, 11) is 0. The highest BCUT2D eigenvalue weighted by molar-refractivity contribution is 9.10. The minimum atomic E-state index is -0.194. The van der Waals surface area contributed by atoms with Gasteiger partial charge in [0.1, 0.15) is 5.82 Å². The molecule has 1 aromatic rings. The van der Waals surface area contributed by atoms with Crippen LogP contribution in [0, 0.1) is 11.7 Å². The van der Waals surface area contributed by atoms with Crippen molar-refractivity contribution in [3.8, 4) is 0 Å². The molecule has 94 valence electrons. The van der Waals surface area contributed by atoms with Crippen LogP contribution in [0.4, 0.5) is 4.39 Å². The van der Waals surface area contributed by atoms with Gasteiger partial charge in [0.15, 0.2) is 0 Å². The van der Waals surface area contributed by atoms with Crippen molar-refractivity contribution in [1.29, 1.82) is 0 Å². The number of rotatable bonds is 5. The minimum Gasteiger partial charge on any atom is -0.381 e.